The Morgan fingerprint density at radius 3 is 2.61 bits per heavy atom. The first-order chi connectivity index (χ1) is 11.1. The van der Waals surface area contributed by atoms with Gasteiger partial charge in [-0.3, -0.25) is 9.59 Å². The van der Waals surface area contributed by atoms with Gasteiger partial charge in [0, 0.05) is 12.2 Å². The minimum Gasteiger partial charge on any atom is -0.389 e. The molecule has 23 heavy (non-hydrogen) atoms. The molecule has 2 aliphatic rings. The minimum atomic E-state index is -0.874. The van der Waals surface area contributed by atoms with E-state index < -0.39 is 11.6 Å². The van der Waals surface area contributed by atoms with Crippen molar-refractivity contribution in [3.8, 4) is 0 Å². The van der Waals surface area contributed by atoms with E-state index in [1.54, 1.807) is 4.90 Å². The van der Waals surface area contributed by atoms with Crippen LogP contribution in [0.1, 0.15) is 44.9 Å². The standard InChI is InChI=1S/C18H24N2O3/c21-16(13-18(23)10-4-5-11-18)19-15-9-6-12-20(17(15)22)14-7-2-1-3-8-14/h1-3,7-8,15,23H,4-6,9-13H2,(H,19,21). The van der Waals surface area contributed by atoms with Crippen molar-refractivity contribution in [3.05, 3.63) is 30.3 Å². The lowest BCUT2D eigenvalue weighted by Crippen LogP contribution is -2.53. The fourth-order valence-corrected chi connectivity index (χ4v) is 3.63. The fraction of sp³-hybridized carbons (Fsp3) is 0.556. The molecule has 1 aliphatic heterocycles. The normalized spacial score (nSPS) is 23.8. The molecule has 0 spiro atoms. The van der Waals surface area contributed by atoms with Crippen LogP contribution in [0.5, 0.6) is 0 Å². The summed E-state index contributed by atoms with van der Waals surface area (Å²) < 4.78 is 0. The second-order valence-electron chi connectivity index (χ2n) is 6.70. The number of rotatable bonds is 4. The predicted octanol–water partition coefficient (Wildman–Crippen LogP) is 1.99. The van der Waals surface area contributed by atoms with Crippen molar-refractivity contribution in [2.75, 3.05) is 11.4 Å². The summed E-state index contributed by atoms with van der Waals surface area (Å²) in [5.41, 5.74) is -0.00755. The highest BCUT2D eigenvalue weighted by Gasteiger charge is 2.36. The van der Waals surface area contributed by atoms with Crippen LogP contribution in [0.2, 0.25) is 0 Å². The monoisotopic (exact) mass is 316 g/mol. The Bertz CT molecular complexity index is 567. The third-order valence-electron chi connectivity index (χ3n) is 4.87. The highest BCUT2D eigenvalue weighted by molar-refractivity contribution is 5.99. The first-order valence-corrected chi connectivity index (χ1v) is 8.46. The largest absolute Gasteiger partial charge is 0.389 e. The Labute approximate surface area is 136 Å². The molecule has 2 fully saturated rings. The Kier molecular flexibility index (Phi) is 4.66. The topological polar surface area (TPSA) is 69.6 Å². The van der Waals surface area contributed by atoms with E-state index in [0.29, 0.717) is 25.8 Å². The third kappa shape index (κ3) is 3.72. The van der Waals surface area contributed by atoms with Crippen LogP contribution in [-0.2, 0) is 9.59 Å². The van der Waals surface area contributed by atoms with Gasteiger partial charge in [0.2, 0.25) is 11.8 Å². The fourth-order valence-electron chi connectivity index (χ4n) is 3.63. The van der Waals surface area contributed by atoms with E-state index in [4.69, 9.17) is 0 Å². The van der Waals surface area contributed by atoms with Crippen molar-refractivity contribution >= 4 is 17.5 Å². The van der Waals surface area contributed by atoms with Crippen LogP contribution in [0, 0.1) is 0 Å². The molecule has 1 atom stereocenters. The molecule has 1 aliphatic carbocycles. The van der Waals surface area contributed by atoms with E-state index in [1.807, 2.05) is 30.3 Å². The smallest absolute Gasteiger partial charge is 0.249 e. The van der Waals surface area contributed by atoms with E-state index in [-0.39, 0.29) is 18.2 Å². The number of amides is 2. The van der Waals surface area contributed by atoms with Gasteiger partial charge in [-0.25, -0.2) is 0 Å². The lowest BCUT2D eigenvalue weighted by molar-refractivity contribution is -0.131. The van der Waals surface area contributed by atoms with Crippen molar-refractivity contribution in [3.63, 3.8) is 0 Å². The maximum atomic E-state index is 12.6. The summed E-state index contributed by atoms with van der Waals surface area (Å²) >= 11 is 0. The van der Waals surface area contributed by atoms with Gasteiger partial charge in [0.15, 0.2) is 0 Å². The van der Waals surface area contributed by atoms with Gasteiger partial charge >= 0.3 is 0 Å². The number of hydrogen-bond acceptors (Lipinski definition) is 3. The molecule has 5 nitrogen and oxygen atoms in total. The van der Waals surface area contributed by atoms with Gasteiger partial charge in [0.1, 0.15) is 6.04 Å². The first-order valence-electron chi connectivity index (χ1n) is 8.46. The van der Waals surface area contributed by atoms with Crippen molar-refractivity contribution < 1.29 is 14.7 Å². The molecule has 1 unspecified atom stereocenters. The average molecular weight is 316 g/mol. The molecule has 0 radical (unpaired) electrons. The molecule has 5 heteroatoms. The zero-order valence-corrected chi connectivity index (χ0v) is 13.3. The Hall–Kier alpha value is -1.88. The third-order valence-corrected chi connectivity index (χ3v) is 4.87. The lowest BCUT2D eigenvalue weighted by atomic mass is 9.96. The van der Waals surface area contributed by atoms with E-state index in [0.717, 1.165) is 24.9 Å². The zero-order valence-electron chi connectivity index (χ0n) is 13.3. The van der Waals surface area contributed by atoms with Gasteiger partial charge in [0.05, 0.1) is 12.0 Å². The number of benzene rings is 1. The van der Waals surface area contributed by atoms with Gasteiger partial charge in [-0.1, -0.05) is 31.0 Å². The summed E-state index contributed by atoms with van der Waals surface area (Å²) in [5.74, 6) is -0.281. The summed E-state index contributed by atoms with van der Waals surface area (Å²) in [4.78, 5) is 26.6. The molecule has 1 aromatic carbocycles. The summed E-state index contributed by atoms with van der Waals surface area (Å²) in [5, 5.41) is 13.2. The van der Waals surface area contributed by atoms with Crippen molar-refractivity contribution in [1.82, 2.24) is 5.32 Å². The summed E-state index contributed by atoms with van der Waals surface area (Å²) in [7, 11) is 0. The van der Waals surface area contributed by atoms with Crippen molar-refractivity contribution in [1.29, 1.82) is 0 Å². The maximum Gasteiger partial charge on any atom is 0.249 e. The van der Waals surface area contributed by atoms with Crippen LogP contribution < -0.4 is 10.2 Å². The van der Waals surface area contributed by atoms with Gasteiger partial charge < -0.3 is 15.3 Å². The highest BCUT2D eigenvalue weighted by Crippen LogP contribution is 2.32. The maximum absolute atomic E-state index is 12.6. The molecule has 1 heterocycles. The number of nitrogens with zero attached hydrogens (tertiary/aromatic N) is 1. The van der Waals surface area contributed by atoms with Crippen LogP contribution in [0.15, 0.2) is 30.3 Å². The first kappa shape index (κ1) is 16.0. The number of hydrogen-bond donors (Lipinski definition) is 2. The molecule has 3 rings (SSSR count). The summed E-state index contributed by atoms with van der Waals surface area (Å²) in [6.07, 6.45) is 4.90. The molecule has 0 bridgehead atoms. The number of aliphatic hydroxyl groups is 1. The van der Waals surface area contributed by atoms with Crippen LogP contribution in [0.25, 0.3) is 0 Å². The quantitative estimate of drug-likeness (QED) is 0.892. The average Bonchev–Trinajstić information content (AvgIpc) is 2.96. The molecular weight excluding hydrogens is 292 g/mol. The Balaban J connectivity index is 1.61. The highest BCUT2D eigenvalue weighted by atomic mass is 16.3. The summed E-state index contributed by atoms with van der Waals surface area (Å²) in [6, 6.07) is 9.05. The number of carbonyl (C=O) groups excluding carboxylic acids is 2. The zero-order chi connectivity index (χ0) is 16.3. The van der Waals surface area contributed by atoms with Gasteiger partial charge in [-0.2, -0.15) is 0 Å². The second kappa shape index (κ2) is 6.71. The number of nitrogens with one attached hydrogen (secondary N) is 1. The SMILES string of the molecule is O=C(CC1(O)CCCC1)NC1CCCN(c2ccccc2)C1=O. The number of para-hydroxylation sites is 1. The van der Waals surface area contributed by atoms with Crippen LogP contribution in [-0.4, -0.2) is 35.1 Å². The number of anilines is 1. The summed E-state index contributed by atoms with van der Waals surface area (Å²) in [6.45, 7) is 0.680. The van der Waals surface area contributed by atoms with Gasteiger partial charge in [-0.15, -0.1) is 0 Å². The van der Waals surface area contributed by atoms with Crippen molar-refractivity contribution in [2.24, 2.45) is 0 Å². The Morgan fingerprint density at radius 1 is 1.22 bits per heavy atom. The molecule has 1 saturated carbocycles. The van der Waals surface area contributed by atoms with E-state index in [9.17, 15) is 14.7 Å². The predicted molar refractivity (Wildman–Crippen MR) is 88.0 cm³/mol. The molecule has 2 N–H and O–H groups in total. The second-order valence-corrected chi connectivity index (χ2v) is 6.70. The number of piperidine rings is 1. The Morgan fingerprint density at radius 2 is 1.91 bits per heavy atom. The van der Waals surface area contributed by atoms with E-state index >= 15 is 0 Å². The molecule has 124 valence electrons. The van der Waals surface area contributed by atoms with Gasteiger partial charge in [-0.05, 0) is 37.8 Å². The molecule has 1 saturated heterocycles. The van der Waals surface area contributed by atoms with Gasteiger partial charge in [0.25, 0.3) is 0 Å². The molecule has 1 aromatic rings. The number of carbonyl (C=O) groups is 2. The van der Waals surface area contributed by atoms with E-state index in [2.05, 4.69) is 5.32 Å². The van der Waals surface area contributed by atoms with Crippen LogP contribution in [0.3, 0.4) is 0 Å². The minimum absolute atomic E-state index is 0.0609. The van der Waals surface area contributed by atoms with Crippen LogP contribution >= 0.6 is 0 Å². The van der Waals surface area contributed by atoms with Crippen LogP contribution in [0.4, 0.5) is 5.69 Å². The lowest BCUT2D eigenvalue weighted by Gasteiger charge is -2.33. The molecular formula is C18H24N2O3. The molecule has 0 aromatic heterocycles. The van der Waals surface area contributed by atoms with Crippen molar-refractivity contribution in [2.45, 2.75) is 56.6 Å². The van der Waals surface area contributed by atoms with E-state index in [1.165, 1.54) is 0 Å². The molecule has 2 amide bonds.